The van der Waals surface area contributed by atoms with Gasteiger partial charge in [-0.15, -0.1) is 6.42 Å². The Kier molecular flexibility index (Phi) is 6.65. The van der Waals surface area contributed by atoms with Crippen molar-refractivity contribution < 1.29 is 21.6 Å². The third kappa shape index (κ3) is 4.87. The Hall–Kier alpha value is -1.92. The lowest BCUT2D eigenvalue weighted by atomic mass is 10.1. The number of rotatable bonds is 5. The fourth-order valence-corrected chi connectivity index (χ4v) is 3.85. The molecule has 0 N–H and O–H groups in total. The van der Waals surface area contributed by atoms with E-state index >= 15 is 0 Å². The molecule has 27 heavy (non-hydrogen) atoms. The van der Waals surface area contributed by atoms with Gasteiger partial charge in [0.25, 0.3) is 0 Å². The quantitative estimate of drug-likeness (QED) is 0.536. The van der Waals surface area contributed by atoms with Crippen LogP contribution < -0.4 is 4.31 Å². The number of anilines is 1. The average molecular weight is 422 g/mol. The number of alkyl halides is 3. The van der Waals surface area contributed by atoms with Gasteiger partial charge in [0.15, 0.2) is 0 Å². The second-order valence-corrected chi connectivity index (χ2v) is 8.31. The highest BCUT2D eigenvalue weighted by molar-refractivity contribution is 7.93. The van der Waals surface area contributed by atoms with Crippen LogP contribution in [0.5, 0.6) is 0 Å². The summed E-state index contributed by atoms with van der Waals surface area (Å²) in [5.74, 6) is 1.97. The molecule has 10 heteroatoms. The lowest BCUT2D eigenvalue weighted by molar-refractivity contribution is -0.0437. The summed E-state index contributed by atoms with van der Waals surface area (Å²) in [5, 5.41) is 6.49. The van der Waals surface area contributed by atoms with Gasteiger partial charge >= 0.3 is 15.5 Å². The van der Waals surface area contributed by atoms with E-state index in [4.69, 9.17) is 18.0 Å². The van der Waals surface area contributed by atoms with Crippen LogP contribution in [-0.4, -0.2) is 44.3 Å². The predicted molar refractivity (Wildman–Crippen MR) is 100 cm³/mol. The molecule has 0 bridgehead atoms. The van der Waals surface area contributed by atoms with Gasteiger partial charge in [0.1, 0.15) is 0 Å². The summed E-state index contributed by atoms with van der Waals surface area (Å²) >= 11 is 5.99. The zero-order valence-corrected chi connectivity index (χ0v) is 16.2. The van der Waals surface area contributed by atoms with Crippen LogP contribution in [0.1, 0.15) is 31.7 Å². The molecule has 0 spiro atoms. The average Bonchev–Trinajstić information content (AvgIpc) is 2.59. The maximum Gasteiger partial charge on any atom is 0.516 e. The van der Waals surface area contributed by atoms with Crippen LogP contribution in [0, 0.1) is 12.3 Å². The first-order chi connectivity index (χ1) is 12.6. The van der Waals surface area contributed by atoms with Crippen molar-refractivity contribution in [3.63, 3.8) is 0 Å². The topological polar surface area (TPSA) is 53.0 Å². The molecule has 1 aliphatic heterocycles. The molecule has 0 aliphatic carbocycles. The van der Waals surface area contributed by atoms with Gasteiger partial charge in [0.05, 0.1) is 17.9 Å². The van der Waals surface area contributed by atoms with E-state index in [0.29, 0.717) is 5.71 Å². The van der Waals surface area contributed by atoms with Crippen molar-refractivity contribution >= 4 is 33.0 Å². The van der Waals surface area contributed by atoms with Gasteiger partial charge in [0.2, 0.25) is 0 Å². The molecule has 0 atom stereocenters. The van der Waals surface area contributed by atoms with Crippen LogP contribution in [-0.2, 0) is 10.0 Å². The molecule has 1 fully saturated rings. The molecule has 1 aromatic rings. The van der Waals surface area contributed by atoms with Crippen LogP contribution in [0.25, 0.3) is 0 Å². The molecule has 0 saturated carbocycles. The first-order valence-electron chi connectivity index (χ1n) is 8.20. The molecule has 1 heterocycles. The Labute approximate surface area is 161 Å². The van der Waals surface area contributed by atoms with E-state index < -0.39 is 22.1 Å². The third-order valence-corrected chi connectivity index (χ3v) is 5.78. The second-order valence-electron chi connectivity index (χ2n) is 6.02. The van der Waals surface area contributed by atoms with Crippen molar-refractivity contribution in [3.8, 4) is 12.3 Å². The molecule has 0 amide bonds. The van der Waals surface area contributed by atoms with Crippen molar-refractivity contribution in [2.24, 2.45) is 5.10 Å². The fourth-order valence-electron chi connectivity index (χ4n) is 2.77. The Bertz CT molecular complexity index is 857. The van der Waals surface area contributed by atoms with Gasteiger partial charge in [0, 0.05) is 23.7 Å². The Morgan fingerprint density at radius 3 is 2.52 bits per heavy atom. The zero-order chi connectivity index (χ0) is 20.2. The summed E-state index contributed by atoms with van der Waals surface area (Å²) in [4.78, 5) is 0. The van der Waals surface area contributed by atoms with Crippen molar-refractivity contribution in [1.29, 1.82) is 0 Å². The van der Waals surface area contributed by atoms with Crippen LogP contribution in [0.3, 0.4) is 0 Å². The lowest BCUT2D eigenvalue weighted by Crippen LogP contribution is -2.41. The highest BCUT2D eigenvalue weighted by Crippen LogP contribution is 2.34. The minimum absolute atomic E-state index is 0.161. The van der Waals surface area contributed by atoms with E-state index in [1.165, 1.54) is 18.2 Å². The number of nitrogens with zero attached hydrogens (tertiary/aromatic N) is 3. The van der Waals surface area contributed by atoms with Gasteiger partial charge in [-0.3, -0.25) is 9.31 Å². The van der Waals surface area contributed by atoms with Crippen LogP contribution in [0.4, 0.5) is 18.9 Å². The van der Waals surface area contributed by atoms with Gasteiger partial charge in [-0.2, -0.15) is 26.7 Å². The molecule has 1 aromatic carbocycles. The Morgan fingerprint density at radius 2 is 1.96 bits per heavy atom. The number of benzene rings is 1. The van der Waals surface area contributed by atoms with Gasteiger partial charge < -0.3 is 0 Å². The fraction of sp³-hybridized carbons (Fsp3) is 0.471. The molecular formula is C17H19ClF3N3O2S. The molecule has 1 saturated heterocycles. The van der Waals surface area contributed by atoms with Crippen LogP contribution >= 0.6 is 11.6 Å². The molecule has 0 unspecified atom stereocenters. The summed E-state index contributed by atoms with van der Waals surface area (Å²) in [7, 11) is -5.68. The molecule has 5 nitrogen and oxygen atoms in total. The largest absolute Gasteiger partial charge is 0.516 e. The monoisotopic (exact) mass is 421 g/mol. The number of hydrogen-bond acceptors (Lipinski definition) is 4. The molecule has 0 aromatic heterocycles. The number of halogens is 4. The smallest absolute Gasteiger partial charge is 0.297 e. The molecular weight excluding hydrogens is 403 g/mol. The van der Waals surface area contributed by atoms with E-state index in [1.807, 2.05) is 10.9 Å². The number of terminal acetylenes is 1. The van der Waals surface area contributed by atoms with Crippen molar-refractivity contribution in [1.82, 2.24) is 5.01 Å². The highest BCUT2D eigenvalue weighted by Gasteiger charge is 2.50. The molecule has 0 radical (unpaired) electrons. The van der Waals surface area contributed by atoms with Gasteiger partial charge in [-0.05, 0) is 44.4 Å². The molecule has 148 valence electrons. The standard InChI is InChI=1S/C17H19ClF3N3O2S/c1-3-9-24(27(25,26)17(19,20)21)16-8-7-14(18)12-15(16)13(2)22-23-10-5-4-6-11-23/h1,7-8,12H,4-6,9-11H2,2H3. The number of piperidine rings is 1. The molecule has 1 aliphatic rings. The van der Waals surface area contributed by atoms with E-state index in [9.17, 15) is 21.6 Å². The summed E-state index contributed by atoms with van der Waals surface area (Å²) in [6, 6.07) is 3.90. The highest BCUT2D eigenvalue weighted by atomic mass is 35.5. The number of hydrogen-bond donors (Lipinski definition) is 0. The minimum atomic E-state index is -5.68. The summed E-state index contributed by atoms with van der Waals surface area (Å²) in [6.45, 7) is 2.27. The first-order valence-corrected chi connectivity index (χ1v) is 10.0. The van der Waals surface area contributed by atoms with Crippen molar-refractivity contribution in [3.05, 3.63) is 28.8 Å². The van der Waals surface area contributed by atoms with Gasteiger partial charge in [-0.25, -0.2) is 0 Å². The summed E-state index contributed by atoms with van der Waals surface area (Å²) in [6.07, 6.45) is 8.14. The van der Waals surface area contributed by atoms with Crippen LogP contribution in [0.15, 0.2) is 23.3 Å². The SMILES string of the molecule is C#CCN(c1ccc(Cl)cc1C(C)=NN1CCCCC1)S(=O)(=O)C(F)(F)F. The van der Waals surface area contributed by atoms with E-state index in [0.717, 1.165) is 32.4 Å². The van der Waals surface area contributed by atoms with Gasteiger partial charge in [-0.1, -0.05) is 17.5 Å². The van der Waals surface area contributed by atoms with Crippen LogP contribution in [0.2, 0.25) is 5.02 Å². The lowest BCUT2D eigenvalue weighted by Gasteiger charge is -2.27. The second kappa shape index (κ2) is 8.40. The number of hydrazone groups is 1. The summed E-state index contributed by atoms with van der Waals surface area (Å²) < 4.78 is 63.5. The Morgan fingerprint density at radius 1 is 1.33 bits per heavy atom. The molecule has 2 rings (SSSR count). The normalized spacial score (nSPS) is 16.1. The van der Waals surface area contributed by atoms with E-state index in [2.05, 4.69) is 5.10 Å². The maximum atomic E-state index is 13.1. The van der Waals surface area contributed by atoms with Crippen molar-refractivity contribution in [2.75, 3.05) is 23.9 Å². The minimum Gasteiger partial charge on any atom is -0.297 e. The third-order valence-electron chi connectivity index (χ3n) is 4.06. The zero-order valence-electron chi connectivity index (χ0n) is 14.6. The van der Waals surface area contributed by atoms with E-state index in [-0.39, 0.29) is 20.6 Å². The maximum absolute atomic E-state index is 13.1. The van der Waals surface area contributed by atoms with E-state index in [1.54, 1.807) is 6.92 Å². The predicted octanol–water partition coefficient (Wildman–Crippen LogP) is 3.84. The van der Waals surface area contributed by atoms with Crippen molar-refractivity contribution in [2.45, 2.75) is 31.7 Å². The first kappa shape index (κ1) is 21.4. The Balaban J connectivity index is 2.56. The summed E-state index contributed by atoms with van der Waals surface area (Å²) in [5.41, 5.74) is -5.17. The number of sulfonamides is 1.